The van der Waals surface area contributed by atoms with Gasteiger partial charge in [-0.25, -0.2) is 0 Å². The number of alkyl halides is 3. The summed E-state index contributed by atoms with van der Waals surface area (Å²) in [5.41, 5.74) is 5.16. The van der Waals surface area contributed by atoms with E-state index >= 15 is 0 Å². The van der Waals surface area contributed by atoms with Crippen LogP contribution in [0.2, 0.25) is 0 Å². The number of nitrogens with one attached hydrogen (secondary N) is 1. The second-order valence-electron chi connectivity index (χ2n) is 4.29. The van der Waals surface area contributed by atoms with E-state index in [-0.39, 0.29) is 5.54 Å². The second kappa shape index (κ2) is 4.33. The fourth-order valence-corrected chi connectivity index (χ4v) is 1.18. The monoisotopic (exact) mass is 232 g/mol. The quantitative estimate of drug-likeness (QED) is 0.841. The highest BCUT2D eigenvalue weighted by Gasteiger charge is 2.30. The van der Waals surface area contributed by atoms with Crippen LogP contribution in [0.3, 0.4) is 0 Å². The molecule has 0 aliphatic rings. The van der Waals surface area contributed by atoms with E-state index in [1.54, 1.807) is 0 Å². The minimum Gasteiger partial charge on any atom is -0.379 e. The summed E-state index contributed by atoms with van der Waals surface area (Å²) < 4.78 is 36.8. The van der Waals surface area contributed by atoms with Crippen molar-refractivity contribution in [3.05, 3.63) is 29.8 Å². The van der Waals surface area contributed by atoms with Gasteiger partial charge in [0.2, 0.25) is 0 Å². The Kier molecular flexibility index (Phi) is 3.48. The van der Waals surface area contributed by atoms with Crippen molar-refractivity contribution < 1.29 is 13.2 Å². The Bertz CT molecular complexity index is 341. The zero-order valence-corrected chi connectivity index (χ0v) is 9.23. The predicted molar refractivity (Wildman–Crippen MR) is 58.2 cm³/mol. The molecule has 0 heterocycles. The molecule has 3 N–H and O–H groups in total. The molecule has 0 aromatic heterocycles. The van der Waals surface area contributed by atoms with E-state index < -0.39 is 11.7 Å². The van der Waals surface area contributed by atoms with Gasteiger partial charge in [-0.2, -0.15) is 13.2 Å². The van der Waals surface area contributed by atoms with E-state index in [4.69, 9.17) is 5.73 Å². The summed E-state index contributed by atoms with van der Waals surface area (Å²) in [6.07, 6.45) is -4.29. The lowest BCUT2D eigenvalue weighted by Crippen LogP contribution is -2.39. The second-order valence-corrected chi connectivity index (χ2v) is 4.29. The summed E-state index contributed by atoms with van der Waals surface area (Å²) in [5, 5.41) is 3.05. The van der Waals surface area contributed by atoms with E-state index in [9.17, 15) is 13.2 Å². The molecule has 0 saturated carbocycles. The van der Waals surface area contributed by atoms with Crippen LogP contribution >= 0.6 is 0 Å². The van der Waals surface area contributed by atoms with Gasteiger partial charge in [0.05, 0.1) is 5.56 Å². The third-order valence-electron chi connectivity index (χ3n) is 2.21. The van der Waals surface area contributed by atoms with Gasteiger partial charge in [0.15, 0.2) is 0 Å². The zero-order chi connectivity index (χ0) is 12.4. The van der Waals surface area contributed by atoms with E-state index in [2.05, 4.69) is 5.32 Å². The number of benzene rings is 1. The molecular formula is C11H15F3N2. The number of hydrogen-bond acceptors (Lipinski definition) is 2. The Labute approximate surface area is 92.6 Å². The van der Waals surface area contributed by atoms with Crippen molar-refractivity contribution in [3.63, 3.8) is 0 Å². The normalized spacial score (nSPS) is 12.6. The lowest BCUT2D eigenvalue weighted by molar-refractivity contribution is -0.137. The Morgan fingerprint density at radius 3 is 2.00 bits per heavy atom. The maximum absolute atomic E-state index is 12.3. The summed E-state index contributed by atoms with van der Waals surface area (Å²) in [4.78, 5) is 0. The van der Waals surface area contributed by atoms with Gasteiger partial charge in [0.25, 0.3) is 0 Å². The average molecular weight is 232 g/mol. The van der Waals surface area contributed by atoms with Gasteiger partial charge in [-0.1, -0.05) is 0 Å². The summed E-state index contributed by atoms with van der Waals surface area (Å²) >= 11 is 0. The highest BCUT2D eigenvalue weighted by molar-refractivity contribution is 5.47. The maximum atomic E-state index is 12.3. The van der Waals surface area contributed by atoms with Crippen LogP contribution < -0.4 is 11.1 Å². The number of halogens is 3. The predicted octanol–water partition coefficient (Wildman–Crippen LogP) is 2.85. The topological polar surface area (TPSA) is 38.0 Å². The molecule has 0 atom stereocenters. The van der Waals surface area contributed by atoms with Gasteiger partial charge in [-0.3, -0.25) is 0 Å². The van der Waals surface area contributed by atoms with Crippen LogP contribution in [0.4, 0.5) is 18.9 Å². The van der Waals surface area contributed by atoms with Gasteiger partial charge in [0, 0.05) is 17.8 Å². The van der Waals surface area contributed by atoms with Crippen molar-refractivity contribution in [1.29, 1.82) is 0 Å². The van der Waals surface area contributed by atoms with E-state index in [1.807, 2.05) is 13.8 Å². The van der Waals surface area contributed by atoms with Crippen LogP contribution in [-0.2, 0) is 6.18 Å². The summed E-state index contributed by atoms with van der Waals surface area (Å²) in [7, 11) is 0. The largest absolute Gasteiger partial charge is 0.416 e. The molecule has 0 aliphatic carbocycles. The molecule has 0 aliphatic heterocycles. The molecule has 1 rings (SSSR count). The standard InChI is InChI=1S/C11H15F3N2/c1-10(2,7-15)16-9-5-3-8(4-6-9)11(12,13)14/h3-6,16H,7,15H2,1-2H3. The fourth-order valence-electron chi connectivity index (χ4n) is 1.18. The van der Waals surface area contributed by atoms with Crippen molar-refractivity contribution in [2.45, 2.75) is 25.6 Å². The molecule has 0 radical (unpaired) electrons. The Balaban J connectivity index is 2.80. The lowest BCUT2D eigenvalue weighted by atomic mass is 10.1. The number of anilines is 1. The number of nitrogens with two attached hydrogens (primary N) is 1. The molecule has 90 valence electrons. The molecule has 0 saturated heterocycles. The van der Waals surface area contributed by atoms with Gasteiger partial charge in [0.1, 0.15) is 0 Å². The van der Waals surface area contributed by atoms with Crippen molar-refractivity contribution in [2.75, 3.05) is 11.9 Å². The molecule has 0 amide bonds. The van der Waals surface area contributed by atoms with Crippen LogP contribution in [0.15, 0.2) is 24.3 Å². The Hall–Kier alpha value is -1.23. The lowest BCUT2D eigenvalue weighted by Gasteiger charge is -2.25. The molecule has 16 heavy (non-hydrogen) atoms. The first kappa shape index (κ1) is 12.8. The Morgan fingerprint density at radius 2 is 1.62 bits per heavy atom. The molecule has 0 bridgehead atoms. The van der Waals surface area contributed by atoms with Crippen LogP contribution in [0.1, 0.15) is 19.4 Å². The van der Waals surface area contributed by atoms with Gasteiger partial charge >= 0.3 is 6.18 Å². The summed E-state index contributed by atoms with van der Waals surface area (Å²) in [6.45, 7) is 4.16. The average Bonchev–Trinajstić information content (AvgIpc) is 2.16. The number of rotatable bonds is 3. The van der Waals surface area contributed by atoms with Gasteiger partial charge < -0.3 is 11.1 Å². The first-order valence-corrected chi connectivity index (χ1v) is 4.90. The van der Waals surface area contributed by atoms with Gasteiger partial charge in [-0.15, -0.1) is 0 Å². The van der Waals surface area contributed by atoms with Crippen LogP contribution in [0, 0.1) is 0 Å². The summed E-state index contributed by atoms with van der Waals surface area (Å²) in [5.74, 6) is 0. The number of hydrogen-bond donors (Lipinski definition) is 2. The van der Waals surface area contributed by atoms with Crippen LogP contribution in [-0.4, -0.2) is 12.1 Å². The van der Waals surface area contributed by atoms with E-state index in [0.717, 1.165) is 12.1 Å². The van der Waals surface area contributed by atoms with Crippen LogP contribution in [0.25, 0.3) is 0 Å². The molecular weight excluding hydrogens is 217 g/mol. The summed E-state index contributed by atoms with van der Waals surface area (Å²) in [6, 6.07) is 4.91. The fraction of sp³-hybridized carbons (Fsp3) is 0.455. The zero-order valence-electron chi connectivity index (χ0n) is 9.23. The highest BCUT2D eigenvalue weighted by atomic mass is 19.4. The molecule has 1 aromatic rings. The highest BCUT2D eigenvalue weighted by Crippen LogP contribution is 2.30. The smallest absolute Gasteiger partial charge is 0.379 e. The SMILES string of the molecule is CC(C)(CN)Nc1ccc(C(F)(F)F)cc1. The van der Waals surface area contributed by atoms with Gasteiger partial charge in [-0.05, 0) is 38.1 Å². The molecule has 0 unspecified atom stereocenters. The first-order valence-electron chi connectivity index (χ1n) is 4.90. The van der Waals surface area contributed by atoms with Crippen molar-refractivity contribution >= 4 is 5.69 Å². The minimum atomic E-state index is -4.29. The van der Waals surface area contributed by atoms with E-state index in [0.29, 0.717) is 12.2 Å². The van der Waals surface area contributed by atoms with Crippen LogP contribution in [0.5, 0.6) is 0 Å². The van der Waals surface area contributed by atoms with Crippen molar-refractivity contribution in [1.82, 2.24) is 0 Å². The molecule has 0 spiro atoms. The van der Waals surface area contributed by atoms with Crippen molar-refractivity contribution in [2.24, 2.45) is 5.73 Å². The minimum absolute atomic E-state index is 0.334. The molecule has 1 aromatic carbocycles. The Morgan fingerprint density at radius 1 is 1.12 bits per heavy atom. The maximum Gasteiger partial charge on any atom is 0.416 e. The van der Waals surface area contributed by atoms with E-state index in [1.165, 1.54) is 12.1 Å². The molecule has 0 fully saturated rings. The third-order valence-corrected chi connectivity index (χ3v) is 2.21. The first-order chi connectivity index (χ1) is 7.24. The molecule has 5 heteroatoms. The van der Waals surface area contributed by atoms with Crippen molar-refractivity contribution in [3.8, 4) is 0 Å². The molecule has 2 nitrogen and oxygen atoms in total. The third kappa shape index (κ3) is 3.41.